The lowest BCUT2D eigenvalue weighted by molar-refractivity contribution is 0.146. The quantitative estimate of drug-likeness (QED) is 0.644. The lowest BCUT2D eigenvalue weighted by Gasteiger charge is -2.42. The Balaban J connectivity index is 1.41. The van der Waals surface area contributed by atoms with Gasteiger partial charge in [-0.05, 0) is 48.9 Å². The minimum Gasteiger partial charge on any atom is -0.294 e. The molecule has 3 heterocycles. The van der Waals surface area contributed by atoms with Gasteiger partial charge in [0.1, 0.15) is 5.82 Å². The van der Waals surface area contributed by atoms with Crippen LogP contribution in [-0.4, -0.2) is 77.1 Å². The van der Waals surface area contributed by atoms with Crippen molar-refractivity contribution in [1.29, 1.82) is 0 Å². The highest BCUT2D eigenvalue weighted by molar-refractivity contribution is 7.89. The maximum absolute atomic E-state index is 13.4. The Kier molecular flexibility index (Phi) is 5.86. The number of nitrogens with zero attached hydrogens (tertiary/aromatic N) is 7. The van der Waals surface area contributed by atoms with Crippen LogP contribution in [0.1, 0.15) is 13.8 Å². The Hall–Kier alpha value is -2.89. The van der Waals surface area contributed by atoms with Crippen molar-refractivity contribution in [2.24, 2.45) is 18.1 Å². The van der Waals surface area contributed by atoms with E-state index < -0.39 is 10.0 Å². The van der Waals surface area contributed by atoms with Gasteiger partial charge in [0.2, 0.25) is 5.03 Å². The first kappa shape index (κ1) is 22.9. The number of anilines is 1. The van der Waals surface area contributed by atoms with E-state index in [2.05, 4.69) is 46.2 Å². The summed E-state index contributed by atoms with van der Waals surface area (Å²) in [5, 5.41) is 14.4. The first-order valence-electron chi connectivity index (χ1n) is 11.4. The molecule has 3 atom stereocenters. The van der Waals surface area contributed by atoms with E-state index in [1.807, 2.05) is 11.2 Å². The maximum Gasteiger partial charge on any atom is 0.264 e. The number of likely N-dealkylation sites (N-methyl/N-ethyl adjacent to an activating group) is 1. The molecule has 0 spiro atoms. The Morgan fingerprint density at radius 3 is 2.59 bits per heavy atom. The van der Waals surface area contributed by atoms with Gasteiger partial charge in [-0.25, -0.2) is 12.8 Å². The molecule has 34 heavy (non-hydrogen) atoms. The fraction of sp³-hybridized carbons (Fsp3) is 0.435. The Bertz CT molecular complexity index is 1270. The number of piperazine rings is 1. The topological polar surface area (TPSA) is 86.9 Å². The van der Waals surface area contributed by atoms with Crippen LogP contribution in [0.4, 0.5) is 10.1 Å². The summed E-state index contributed by atoms with van der Waals surface area (Å²) in [4.78, 5) is 3.58. The zero-order valence-electron chi connectivity index (χ0n) is 19.4. The molecule has 2 aliphatic heterocycles. The predicted octanol–water partition coefficient (Wildman–Crippen LogP) is 2.03. The molecule has 0 radical (unpaired) electrons. The van der Waals surface area contributed by atoms with Gasteiger partial charge in [0.25, 0.3) is 10.0 Å². The number of aromatic nitrogens is 3. The Labute approximate surface area is 198 Å². The van der Waals surface area contributed by atoms with Crippen LogP contribution in [0.2, 0.25) is 0 Å². The number of rotatable bonds is 5. The molecule has 11 heteroatoms. The van der Waals surface area contributed by atoms with Gasteiger partial charge < -0.3 is 0 Å². The van der Waals surface area contributed by atoms with Gasteiger partial charge in [0, 0.05) is 44.9 Å². The fourth-order valence-electron chi connectivity index (χ4n) is 4.96. The minimum absolute atomic E-state index is 0.00677. The second kappa shape index (κ2) is 8.71. The molecular formula is C23H28FN7O2S. The number of aryl methyl sites for hydroxylation is 1. The molecule has 3 aliphatic rings. The number of fused-ring (bicyclic) bond motifs is 1. The van der Waals surface area contributed by atoms with Crippen molar-refractivity contribution in [2.45, 2.75) is 31.0 Å². The number of sulfonamides is 1. The van der Waals surface area contributed by atoms with Crippen LogP contribution in [-0.2, 0) is 17.1 Å². The molecule has 0 amide bonds. The summed E-state index contributed by atoms with van der Waals surface area (Å²) in [6, 6.07) is 6.26. The van der Waals surface area contributed by atoms with E-state index in [0.717, 1.165) is 23.4 Å². The zero-order chi connectivity index (χ0) is 24.0. The molecule has 0 N–H and O–H groups in total. The number of hydrogen-bond acceptors (Lipinski definition) is 7. The van der Waals surface area contributed by atoms with Crippen LogP contribution in [0.3, 0.4) is 0 Å². The molecule has 0 bridgehead atoms. The zero-order valence-corrected chi connectivity index (χ0v) is 20.2. The largest absolute Gasteiger partial charge is 0.294 e. The van der Waals surface area contributed by atoms with Crippen molar-refractivity contribution in [2.75, 3.05) is 31.2 Å². The summed E-state index contributed by atoms with van der Waals surface area (Å²) in [6.07, 6.45) is 7.59. The van der Waals surface area contributed by atoms with Crippen LogP contribution in [0, 0.1) is 11.7 Å². The summed E-state index contributed by atoms with van der Waals surface area (Å²) in [5.74, 6) is -0.228. The monoisotopic (exact) mass is 485 g/mol. The Morgan fingerprint density at radius 2 is 1.91 bits per heavy atom. The van der Waals surface area contributed by atoms with Gasteiger partial charge in [-0.3, -0.25) is 9.91 Å². The van der Waals surface area contributed by atoms with Crippen molar-refractivity contribution in [1.82, 2.24) is 24.2 Å². The summed E-state index contributed by atoms with van der Waals surface area (Å²) in [5.41, 5.74) is 3.05. The minimum atomic E-state index is -3.73. The smallest absolute Gasteiger partial charge is 0.264 e. The van der Waals surface area contributed by atoms with Crippen molar-refractivity contribution in [3.8, 4) is 0 Å². The highest BCUT2D eigenvalue weighted by Gasteiger charge is 2.40. The van der Waals surface area contributed by atoms with Crippen molar-refractivity contribution in [3.05, 3.63) is 59.6 Å². The van der Waals surface area contributed by atoms with Crippen LogP contribution in [0.5, 0.6) is 0 Å². The lowest BCUT2D eigenvalue weighted by Crippen LogP contribution is -2.55. The van der Waals surface area contributed by atoms with Gasteiger partial charge in [0.05, 0.1) is 17.9 Å². The number of hydrogen-bond donors (Lipinski definition) is 0. The van der Waals surface area contributed by atoms with E-state index in [-0.39, 0.29) is 28.8 Å². The van der Waals surface area contributed by atoms with E-state index in [9.17, 15) is 12.8 Å². The average Bonchev–Trinajstić information content (AvgIpc) is 3.45. The molecule has 180 valence electrons. The van der Waals surface area contributed by atoms with Crippen molar-refractivity contribution >= 4 is 21.9 Å². The molecule has 1 fully saturated rings. The highest BCUT2D eigenvalue weighted by Crippen LogP contribution is 2.36. The maximum atomic E-state index is 13.4. The summed E-state index contributed by atoms with van der Waals surface area (Å²) in [7, 11) is -2.12. The van der Waals surface area contributed by atoms with Crippen LogP contribution in [0.25, 0.3) is 0 Å². The normalized spacial score (nSPS) is 25.9. The van der Waals surface area contributed by atoms with E-state index in [1.54, 1.807) is 19.2 Å². The van der Waals surface area contributed by atoms with Crippen molar-refractivity contribution in [3.63, 3.8) is 0 Å². The van der Waals surface area contributed by atoms with Crippen molar-refractivity contribution < 1.29 is 12.8 Å². The first-order chi connectivity index (χ1) is 16.3. The van der Waals surface area contributed by atoms with E-state index in [0.29, 0.717) is 19.6 Å². The predicted molar refractivity (Wildman–Crippen MR) is 127 cm³/mol. The molecule has 0 saturated carbocycles. The lowest BCUT2D eigenvalue weighted by atomic mass is 9.84. The number of hydrazone groups is 1. The van der Waals surface area contributed by atoms with Crippen LogP contribution < -0.4 is 5.01 Å². The molecule has 2 unspecified atom stereocenters. The molecular weight excluding hydrogens is 457 g/mol. The number of benzene rings is 1. The van der Waals surface area contributed by atoms with Gasteiger partial charge >= 0.3 is 0 Å². The molecule has 1 saturated heterocycles. The van der Waals surface area contributed by atoms with Gasteiger partial charge in [-0.15, -0.1) is 5.10 Å². The van der Waals surface area contributed by atoms with Crippen LogP contribution >= 0.6 is 0 Å². The average molecular weight is 486 g/mol. The second-order valence-electron chi connectivity index (χ2n) is 8.80. The molecule has 9 nitrogen and oxygen atoms in total. The van der Waals surface area contributed by atoms with E-state index >= 15 is 0 Å². The molecule has 5 rings (SSSR count). The third-order valence-corrected chi connectivity index (χ3v) is 8.51. The van der Waals surface area contributed by atoms with E-state index in [1.165, 1.54) is 27.4 Å². The van der Waals surface area contributed by atoms with Crippen LogP contribution in [0.15, 0.2) is 63.9 Å². The van der Waals surface area contributed by atoms with E-state index in [4.69, 9.17) is 0 Å². The molecule has 1 aromatic heterocycles. The van der Waals surface area contributed by atoms with Gasteiger partial charge in [0.15, 0.2) is 0 Å². The SMILES string of the molecule is CCN1CCN(S(=O)(=O)c2cnn(C)n2)C[C@@H]1C1=CC2C=NN(c3ccc(F)cc3)C2C=C1C. The molecule has 2 aromatic rings. The number of halogens is 1. The summed E-state index contributed by atoms with van der Waals surface area (Å²) < 4.78 is 41.3. The fourth-order valence-corrected chi connectivity index (χ4v) is 6.29. The molecule has 1 aliphatic carbocycles. The van der Waals surface area contributed by atoms with Gasteiger partial charge in [-0.1, -0.05) is 19.1 Å². The first-order valence-corrected chi connectivity index (χ1v) is 12.8. The Morgan fingerprint density at radius 1 is 1.15 bits per heavy atom. The summed E-state index contributed by atoms with van der Waals surface area (Å²) in [6.45, 7) is 6.37. The summed E-state index contributed by atoms with van der Waals surface area (Å²) >= 11 is 0. The third-order valence-electron chi connectivity index (χ3n) is 6.78. The second-order valence-corrected chi connectivity index (χ2v) is 10.7. The molecule has 1 aromatic carbocycles. The third kappa shape index (κ3) is 3.97. The standard InChI is InChI=1S/C23H28FN7O2S/c1-4-29-9-10-30(34(32,33)23-14-25-28(3)27-23)15-22(29)20-12-17-13-26-31(21(17)11-16(20)2)19-7-5-18(24)6-8-19/h5-8,11-14,17,21-22H,4,9-10,15H2,1-3H3/t17?,21?,22-/m1/s1. The highest BCUT2D eigenvalue weighted by atomic mass is 32.2. The van der Waals surface area contributed by atoms with Gasteiger partial charge in [-0.2, -0.15) is 19.3 Å².